The van der Waals surface area contributed by atoms with Crippen LogP contribution in [0.3, 0.4) is 0 Å². The fourth-order valence-corrected chi connectivity index (χ4v) is 13.8. The summed E-state index contributed by atoms with van der Waals surface area (Å²) in [7, 11) is -10.1. The molecular formula is C40H112I3N8O10P4Y. The van der Waals surface area contributed by atoms with Crippen LogP contribution in [0, 0.1) is 0 Å². The van der Waals surface area contributed by atoms with Crippen molar-refractivity contribution in [1.82, 2.24) is 40.7 Å². The molecule has 0 radical (unpaired) electrons. The van der Waals surface area contributed by atoms with Crippen LogP contribution in [0.4, 0.5) is 0 Å². The van der Waals surface area contributed by atoms with Crippen LogP contribution in [0.1, 0.15) is 194 Å². The molecule has 26 heteroatoms. The summed E-state index contributed by atoms with van der Waals surface area (Å²) in [6, 6.07) is 1.82. The molecule has 0 saturated carbocycles. The Balaban J connectivity index is -0.0000000433. The third-order valence-corrected chi connectivity index (χ3v) is 21.9. The van der Waals surface area contributed by atoms with Crippen molar-refractivity contribution in [3.05, 3.63) is 0 Å². The summed E-state index contributed by atoms with van der Waals surface area (Å²) in [6.07, 6.45) is 0. The second-order valence-corrected chi connectivity index (χ2v) is 33.7. The van der Waals surface area contributed by atoms with E-state index in [1.54, 1.807) is 0 Å². The van der Waals surface area contributed by atoms with Crippen molar-refractivity contribution in [2.24, 2.45) is 0 Å². The molecule has 0 atom stereocenters. The predicted molar refractivity (Wildman–Crippen MR) is 277 cm³/mol. The summed E-state index contributed by atoms with van der Waals surface area (Å²) in [4.78, 5) is 0. The van der Waals surface area contributed by atoms with Gasteiger partial charge in [-0.3, -0.25) is 59.0 Å². The third-order valence-electron chi connectivity index (χ3n) is 7.30. The Morgan fingerprint density at radius 3 is 0.333 bits per heavy atom. The molecule has 0 spiro atoms. The summed E-state index contributed by atoms with van der Waals surface area (Å²) < 4.78 is 50.5. The molecule has 0 rings (SSSR count). The van der Waals surface area contributed by atoms with Crippen molar-refractivity contribution >= 4 is 29.8 Å². The Kier molecular flexibility index (Phi) is 72.1. The molecule has 0 saturated heterocycles. The minimum atomic E-state index is -2.52. The van der Waals surface area contributed by atoms with Gasteiger partial charge in [-0.2, -0.15) is 0 Å². The number of hydrogen-bond donors (Lipinski definition) is 8. The molecule has 0 aromatic carbocycles. The molecule has 66 heavy (non-hydrogen) atoms. The first-order valence-electron chi connectivity index (χ1n) is 21.0. The van der Waals surface area contributed by atoms with E-state index in [0.717, 1.165) is 0 Å². The first-order chi connectivity index (χ1) is 24.3. The first kappa shape index (κ1) is 106. The van der Waals surface area contributed by atoms with Gasteiger partial charge in [0.15, 0.2) is 0 Å². The normalized spacial score (nSPS) is 11.9. The molecule has 20 N–H and O–H groups in total. The predicted octanol–water partition coefficient (Wildman–Crippen LogP) is -2.04. The first-order valence-corrected chi connectivity index (χ1v) is 27.8. The molecular weight excluding hydrogens is 1350 g/mol. The van der Waals surface area contributed by atoms with Crippen molar-refractivity contribution < 1.29 is 156 Å². The Bertz CT molecular complexity index is 1050. The zero-order chi connectivity index (χ0) is 46.3. The van der Waals surface area contributed by atoms with Crippen molar-refractivity contribution in [3.8, 4) is 0 Å². The second-order valence-electron chi connectivity index (χ2n) is 21.4. The van der Waals surface area contributed by atoms with E-state index in [4.69, 9.17) is 0 Å². The molecule has 0 aliphatic carbocycles. The monoisotopic (exact) mass is 1460 g/mol. The average molecular weight is 1460 g/mol. The maximum absolute atomic E-state index is 12.6. The van der Waals surface area contributed by atoms with Crippen molar-refractivity contribution in [3.63, 3.8) is 0 Å². The van der Waals surface area contributed by atoms with Gasteiger partial charge in [-0.15, -0.1) is 0 Å². The maximum atomic E-state index is 12.6. The van der Waals surface area contributed by atoms with Crippen LogP contribution in [0.15, 0.2) is 0 Å². The van der Waals surface area contributed by atoms with Gasteiger partial charge in [0.05, 0.1) is 0 Å². The minimum Gasteiger partial charge on any atom is -1.00 e. The molecule has 18 nitrogen and oxygen atoms in total. The molecule has 0 amide bonds. The number of rotatable bonds is 16. The fraction of sp³-hybridized carbons (Fsp3) is 1.00. The van der Waals surface area contributed by atoms with Gasteiger partial charge in [0.2, 0.25) is 29.8 Å². The van der Waals surface area contributed by atoms with Gasteiger partial charge in [0, 0.05) is 69.0 Å². The third kappa shape index (κ3) is 47.4. The largest absolute Gasteiger partial charge is 3.00 e. The van der Waals surface area contributed by atoms with Gasteiger partial charge in [-0.25, -0.2) is 0 Å². The number of nitrogens with one attached hydrogen (secondary N) is 8. The summed E-state index contributed by atoms with van der Waals surface area (Å²) in [5.41, 5.74) is 0. The Labute approximate surface area is 484 Å². The van der Waals surface area contributed by atoms with E-state index in [0.29, 0.717) is 0 Å². The summed E-state index contributed by atoms with van der Waals surface area (Å²) in [6.45, 7) is 56.2. The molecule has 0 bridgehead atoms. The van der Waals surface area contributed by atoms with Crippen molar-refractivity contribution in [2.45, 2.75) is 263 Å². The van der Waals surface area contributed by atoms with Crippen LogP contribution < -0.4 is 113 Å². The molecule has 0 unspecified atom stereocenters. The SMILES string of the molecule is CC(C)NP(=O)(NC(C)C)C(C)(C)C.CC(C)NP(=O)(NC(C)C)C(C)(C)C.CC(C)NP(=O)(NC(C)C)C(C)(C)C.CC(C)NP(=O)(NC(C)C)C(C)(C)C.O.O.O.O.O.O.[I-].[I-].[I-].[Y+3]. The minimum absolute atomic E-state index is 0. The molecule has 0 aliphatic heterocycles. The van der Waals surface area contributed by atoms with E-state index in [1.807, 2.05) is 194 Å². The molecule has 0 aliphatic rings. The maximum Gasteiger partial charge on any atom is 3.00 e. The van der Waals surface area contributed by atoms with Gasteiger partial charge in [0.1, 0.15) is 0 Å². The Morgan fingerprint density at radius 2 is 0.303 bits per heavy atom. The molecule has 416 valence electrons. The zero-order valence-corrected chi connectivity index (χ0v) is 59.6. The van der Waals surface area contributed by atoms with Crippen molar-refractivity contribution in [2.75, 3.05) is 0 Å². The van der Waals surface area contributed by atoms with Crippen LogP contribution in [0.25, 0.3) is 0 Å². The van der Waals surface area contributed by atoms with E-state index < -0.39 is 29.8 Å². The summed E-state index contributed by atoms with van der Waals surface area (Å²) >= 11 is 0. The molecule has 0 fully saturated rings. The van der Waals surface area contributed by atoms with Crippen LogP contribution in [-0.4, -0.2) is 102 Å². The summed E-state index contributed by atoms with van der Waals surface area (Å²) in [5.74, 6) is 0. The van der Waals surface area contributed by atoms with E-state index in [9.17, 15) is 18.3 Å². The van der Waals surface area contributed by atoms with E-state index >= 15 is 0 Å². The quantitative estimate of drug-likeness (QED) is 0.0612. The second kappa shape index (κ2) is 44.9. The van der Waals surface area contributed by atoms with Gasteiger partial charge in [-0.1, -0.05) is 83.1 Å². The van der Waals surface area contributed by atoms with Gasteiger partial charge < -0.3 is 105 Å². The average Bonchev–Trinajstić information content (AvgIpc) is 2.83. The van der Waals surface area contributed by atoms with E-state index in [2.05, 4.69) is 40.7 Å². The van der Waals surface area contributed by atoms with Gasteiger partial charge in [0.25, 0.3) is 0 Å². The molecule has 0 aromatic heterocycles. The number of hydrogen-bond acceptors (Lipinski definition) is 4. The molecule has 0 aromatic rings. The van der Waals surface area contributed by atoms with Gasteiger partial charge >= 0.3 is 32.7 Å². The van der Waals surface area contributed by atoms with Crippen LogP contribution in [0.2, 0.25) is 0 Å². The number of halogens is 3. The standard InChI is InChI=1S/4C10H25N2OP.3HI.6H2O.Y/c4*1-8(2)11-14(13,10(5,6)7)12-9(3)4;;;;;;;;;;/h4*8-9H,1-7H3,(H2,11,12,13);3*1H;6*1H2;/q;;;;;;;;;;;;;+3/p-3. The summed E-state index contributed by atoms with van der Waals surface area (Å²) in [5, 5.41) is 24.4. The fourth-order valence-electron chi connectivity index (χ4n) is 4.61. The van der Waals surface area contributed by atoms with Crippen LogP contribution >= 0.6 is 29.8 Å². The Morgan fingerprint density at radius 1 is 0.242 bits per heavy atom. The zero-order valence-electron chi connectivity index (χ0n) is 46.8. The van der Waals surface area contributed by atoms with Crippen molar-refractivity contribution in [1.29, 1.82) is 0 Å². The topological polar surface area (TPSA) is 354 Å². The van der Waals surface area contributed by atoms with Gasteiger partial charge in [-0.05, 0) is 111 Å². The Hall–Kier alpha value is 3.65. The van der Waals surface area contributed by atoms with Crippen LogP contribution in [-0.2, 0) is 51.0 Å². The van der Waals surface area contributed by atoms with E-state index in [1.165, 1.54) is 0 Å². The molecule has 0 heterocycles. The van der Waals surface area contributed by atoms with E-state index in [-0.39, 0.29) is 206 Å². The smallest absolute Gasteiger partial charge is 1.00 e. The van der Waals surface area contributed by atoms with Crippen LogP contribution in [0.5, 0.6) is 0 Å².